The molecule has 368 valence electrons. The number of benzene rings is 13. The Balaban J connectivity index is 0.879. The van der Waals surface area contributed by atoms with Crippen LogP contribution in [0.15, 0.2) is 303 Å². The van der Waals surface area contributed by atoms with E-state index in [0.29, 0.717) is 0 Å². The van der Waals surface area contributed by atoms with Crippen LogP contribution in [0.1, 0.15) is 22.3 Å². The molecule has 0 aliphatic heterocycles. The highest BCUT2D eigenvalue weighted by Crippen LogP contribution is 2.63. The second-order valence-electron chi connectivity index (χ2n) is 21.1. The van der Waals surface area contributed by atoms with Gasteiger partial charge in [0.1, 0.15) is 0 Å². The maximum atomic E-state index is 2.49. The molecule has 0 saturated carbocycles. The van der Waals surface area contributed by atoms with Gasteiger partial charge in [-0.3, -0.25) is 0 Å². The highest BCUT2D eigenvalue weighted by Gasteiger charge is 2.51. The van der Waals surface area contributed by atoms with E-state index < -0.39 is 5.41 Å². The third-order valence-electron chi connectivity index (χ3n) is 17.0. The summed E-state index contributed by atoms with van der Waals surface area (Å²) in [4.78, 5) is 2.45. The molecule has 2 heteroatoms. The van der Waals surface area contributed by atoms with E-state index in [0.717, 1.165) is 33.9 Å². The quantitative estimate of drug-likeness (QED) is 0.147. The largest absolute Gasteiger partial charge is 0.310 e. The summed E-state index contributed by atoms with van der Waals surface area (Å²) in [5.74, 6) is 0. The molecule has 0 saturated heterocycles. The van der Waals surface area contributed by atoms with Gasteiger partial charge in [-0.25, -0.2) is 0 Å². The van der Waals surface area contributed by atoms with E-state index in [1.165, 1.54) is 110 Å². The van der Waals surface area contributed by atoms with Crippen molar-refractivity contribution in [1.82, 2.24) is 4.57 Å². The summed E-state index contributed by atoms with van der Waals surface area (Å²) in [6, 6.07) is 112. The molecule has 0 radical (unpaired) electrons. The van der Waals surface area contributed by atoms with Gasteiger partial charge in [0.05, 0.1) is 16.4 Å². The van der Waals surface area contributed by atoms with Crippen molar-refractivity contribution in [3.63, 3.8) is 0 Å². The molecule has 0 N–H and O–H groups in total. The van der Waals surface area contributed by atoms with Crippen LogP contribution in [0.5, 0.6) is 0 Å². The normalized spacial score (nSPS) is 12.7. The molecule has 2 aliphatic carbocycles. The second-order valence-corrected chi connectivity index (χ2v) is 21.1. The van der Waals surface area contributed by atoms with Gasteiger partial charge in [0.2, 0.25) is 0 Å². The van der Waals surface area contributed by atoms with Gasteiger partial charge in [0, 0.05) is 33.5 Å². The Bertz CT molecular complexity index is 4630. The predicted octanol–water partition coefficient (Wildman–Crippen LogP) is 20.4. The first kappa shape index (κ1) is 45.0. The highest BCUT2D eigenvalue weighted by molar-refractivity contribution is 6.16. The van der Waals surface area contributed by atoms with Gasteiger partial charge < -0.3 is 9.47 Å². The maximum Gasteiger partial charge on any atom is 0.0726 e. The summed E-state index contributed by atoms with van der Waals surface area (Å²) in [6.45, 7) is 0. The van der Waals surface area contributed by atoms with Crippen molar-refractivity contribution in [3.05, 3.63) is 326 Å². The minimum atomic E-state index is -0.463. The third kappa shape index (κ3) is 6.91. The zero-order valence-corrected chi connectivity index (χ0v) is 43.3. The predicted molar refractivity (Wildman–Crippen MR) is 331 cm³/mol. The lowest BCUT2D eigenvalue weighted by molar-refractivity contribution is 0.793. The minimum absolute atomic E-state index is 0.463. The fourth-order valence-corrected chi connectivity index (χ4v) is 13.6. The summed E-state index contributed by atoms with van der Waals surface area (Å²) in [7, 11) is 0. The highest BCUT2D eigenvalue weighted by atomic mass is 15.1. The molecule has 13 aromatic carbocycles. The van der Waals surface area contributed by atoms with Crippen LogP contribution in [0.2, 0.25) is 0 Å². The van der Waals surface area contributed by atoms with Crippen LogP contribution in [0.4, 0.5) is 17.1 Å². The molecular weight excluding hydrogens is 953 g/mol. The molecule has 0 amide bonds. The molecule has 2 nitrogen and oxygen atoms in total. The van der Waals surface area contributed by atoms with Gasteiger partial charge in [-0.1, -0.05) is 224 Å². The van der Waals surface area contributed by atoms with Crippen molar-refractivity contribution >= 4 is 49.6 Å². The summed E-state index contributed by atoms with van der Waals surface area (Å²) in [5.41, 5.74) is 26.3. The summed E-state index contributed by atoms with van der Waals surface area (Å²) in [6.07, 6.45) is 0. The van der Waals surface area contributed by atoms with Crippen LogP contribution in [-0.2, 0) is 5.41 Å². The van der Waals surface area contributed by atoms with Crippen LogP contribution < -0.4 is 4.90 Å². The van der Waals surface area contributed by atoms with E-state index in [-0.39, 0.29) is 0 Å². The first-order chi connectivity index (χ1) is 39.2. The fraction of sp³-hybridized carbons (Fsp3) is 0.0130. The lowest BCUT2D eigenvalue weighted by Crippen LogP contribution is -2.26. The van der Waals surface area contributed by atoms with E-state index in [1.807, 2.05) is 0 Å². The van der Waals surface area contributed by atoms with Gasteiger partial charge in [0.15, 0.2) is 0 Å². The second kappa shape index (κ2) is 17.9. The van der Waals surface area contributed by atoms with Gasteiger partial charge in [0.25, 0.3) is 0 Å². The van der Waals surface area contributed by atoms with Gasteiger partial charge in [-0.15, -0.1) is 0 Å². The lowest BCUT2D eigenvalue weighted by Gasteiger charge is -2.32. The van der Waals surface area contributed by atoms with E-state index in [4.69, 9.17) is 0 Å². The van der Waals surface area contributed by atoms with Gasteiger partial charge in [-0.05, 0) is 179 Å². The molecule has 1 heterocycles. The molecule has 14 aromatic rings. The Morgan fingerprint density at radius 1 is 0.253 bits per heavy atom. The first-order valence-electron chi connectivity index (χ1n) is 27.4. The molecule has 1 spiro atoms. The SMILES string of the molecule is c1ccc(-c2ccc(N(c3ccc(-c4cc(-c5cccc6ccccc56)cc(-c5cccc6c5c5ccccc5n6-c5ccccc5)c4)cc3)c3ccc4c(c3)C3(c5ccccc5-c5ccccc53)c3ccccc3-4)cc2)cc1. The molecule has 79 heavy (non-hydrogen) atoms. The van der Waals surface area contributed by atoms with Gasteiger partial charge >= 0.3 is 0 Å². The number of aromatic nitrogens is 1. The zero-order chi connectivity index (χ0) is 52.0. The average molecular weight is 1000 g/mol. The molecule has 0 unspecified atom stereocenters. The Hall–Kier alpha value is -10.3. The fourth-order valence-electron chi connectivity index (χ4n) is 13.6. The summed E-state index contributed by atoms with van der Waals surface area (Å²) >= 11 is 0. The number of nitrogens with zero attached hydrogens (tertiary/aromatic N) is 2. The number of hydrogen-bond acceptors (Lipinski definition) is 1. The summed E-state index contributed by atoms with van der Waals surface area (Å²) in [5, 5.41) is 4.94. The number of rotatable bonds is 8. The Morgan fingerprint density at radius 2 is 0.696 bits per heavy atom. The average Bonchev–Trinajstić information content (AvgIpc) is 4.28. The van der Waals surface area contributed by atoms with Crippen LogP contribution in [-0.4, -0.2) is 4.57 Å². The standard InChI is InChI=1S/C77H50N2/c1-3-19-51(20-4-1)52-37-41-59(42-38-52)78(61-45-46-68-67-28-11-15-34-72(67)77(73(68)50-61)70-32-13-9-26-65(70)66-27-10-14-33-71(66)77)60-43-39-53(40-44-60)55-47-56(63-30-17-22-54-21-7-8-25-62(54)63)49-57(48-55)64-31-18-36-75-76(64)69-29-12-16-35-74(69)79(75)58-23-5-2-6-24-58/h1-50H. The molecular formula is C77H50N2. The van der Waals surface area contributed by atoms with Crippen LogP contribution in [0.25, 0.3) is 105 Å². The number of fused-ring (bicyclic) bond motifs is 14. The molecule has 0 bridgehead atoms. The van der Waals surface area contributed by atoms with E-state index in [1.54, 1.807) is 0 Å². The Labute approximate surface area is 460 Å². The zero-order valence-electron chi connectivity index (χ0n) is 43.3. The van der Waals surface area contributed by atoms with E-state index >= 15 is 0 Å². The Kier molecular flexibility index (Phi) is 10.2. The first-order valence-corrected chi connectivity index (χ1v) is 27.4. The molecule has 2 aliphatic rings. The molecule has 1 aromatic heterocycles. The van der Waals surface area contributed by atoms with Crippen LogP contribution >= 0.6 is 0 Å². The topological polar surface area (TPSA) is 8.17 Å². The number of para-hydroxylation sites is 2. The number of hydrogen-bond donors (Lipinski definition) is 0. The van der Waals surface area contributed by atoms with E-state index in [2.05, 4.69) is 313 Å². The third-order valence-corrected chi connectivity index (χ3v) is 17.0. The van der Waals surface area contributed by atoms with Crippen LogP contribution in [0, 0.1) is 0 Å². The van der Waals surface area contributed by atoms with Crippen molar-refractivity contribution in [3.8, 4) is 72.4 Å². The maximum absolute atomic E-state index is 2.49. The van der Waals surface area contributed by atoms with Crippen molar-refractivity contribution in [1.29, 1.82) is 0 Å². The number of anilines is 3. The van der Waals surface area contributed by atoms with Crippen molar-refractivity contribution < 1.29 is 0 Å². The minimum Gasteiger partial charge on any atom is -0.310 e. The monoisotopic (exact) mass is 1000 g/mol. The smallest absolute Gasteiger partial charge is 0.0726 e. The van der Waals surface area contributed by atoms with Crippen molar-refractivity contribution in [2.75, 3.05) is 4.90 Å². The van der Waals surface area contributed by atoms with Crippen molar-refractivity contribution in [2.45, 2.75) is 5.41 Å². The molecule has 16 rings (SSSR count). The van der Waals surface area contributed by atoms with Crippen LogP contribution in [0.3, 0.4) is 0 Å². The summed E-state index contributed by atoms with van der Waals surface area (Å²) < 4.78 is 2.41. The molecule has 0 fully saturated rings. The molecule has 0 atom stereocenters. The Morgan fingerprint density at radius 3 is 1.37 bits per heavy atom. The van der Waals surface area contributed by atoms with E-state index in [9.17, 15) is 0 Å². The lowest BCUT2D eigenvalue weighted by atomic mass is 9.70. The van der Waals surface area contributed by atoms with Gasteiger partial charge in [-0.2, -0.15) is 0 Å². The van der Waals surface area contributed by atoms with Crippen molar-refractivity contribution in [2.24, 2.45) is 0 Å².